The molecule has 6 nitrogen and oxygen atoms in total. The van der Waals surface area contributed by atoms with Crippen molar-refractivity contribution in [2.75, 3.05) is 12.8 Å². The van der Waals surface area contributed by atoms with Gasteiger partial charge in [-0.1, -0.05) is 13.8 Å². The van der Waals surface area contributed by atoms with Gasteiger partial charge < -0.3 is 20.9 Å². The number of aliphatic carboxylic acids is 1. The molecule has 0 heterocycles. The van der Waals surface area contributed by atoms with Gasteiger partial charge in [0.25, 0.3) is 5.91 Å². The number of carbonyl (C=O) groups excluding carboxylic acids is 1. The van der Waals surface area contributed by atoms with E-state index in [1.54, 1.807) is 12.1 Å². The number of methoxy groups -OCH3 is 1. The third-order valence-corrected chi connectivity index (χ3v) is 2.82. The topological polar surface area (TPSA) is 102 Å². The Kier molecular flexibility index (Phi) is 5.37. The van der Waals surface area contributed by atoms with Gasteiger partial charge >= 0.3 is 5.97 Å². The Morgan fingerprint density at radius 3 is 2.55 bits per heavy atom. The van der Waals surface area contributed by atoms with Gasteiger partial charge in [0.15, 0.2) is 0 Å². The molecule has 20 heavy (non-hydrogen) atoms. The van der Waals surface area contributed by atoms with Gasteiger partial charge in [0.1, 0.15) is 11.8 Å². The quantitative estimate of drug-likeness (QED) is 0.685. The van der Waals surface area contributed by atoms with Crippen molar-refractivity contribution < 1.29 is 19.4 Å². The number of hydrogen-bond acceptors (Lipinski definition) is 4. The van der Waals surface area contributed by atoms with Crippen LogP contribution in [0.3, 0.4) is 0 Å². The minimum absolute atomic E-state index is 0.152. The number of ether oxygens (including phenoxy) is 1. The Balaban J connectivity index is 2.91. The number of anilines is 1. The number of carboxylic acid groups (broad SMARTS) is 1. The van der Waals surface area contributed by atoms with Gasteiger partial charge in [-0.3, -0.25) is 4.79 Å². The van der Waals surface area contributed by atoms with Gasteiger partial charge in [-0.15, -0.1) is 0 Å². The Labute approximate surface area is 117 Å². The molecular formula is C14H20N2O4. The molecule has 0 aromatic heterocycles. The predicted molar refractivity (Wildman–Crippen MR) is 75.8 cm³/mol. The molecule has 1 aromatic rings. The molecule has 0 saturated carbocycles. The van der Waals surface area contributed by atoms with Crippen LogP contribution >= 0.6 is 0 Å². The summed E-state index contributed by atoms with van der Waals surface area (Å²) in [6.07, 6.45) is 0.352. The highest BCUT2D eigenvalue weighted by Gasteiger charge is 2.22. The molecule has 1 atom stereocenters. The van der Waals surface area contributed by atoms with E-state index in [4.69, 9.17) is 15.6 Å². The molecular weight excluding hydrogens is 260 g/mol. The highest BCUT2D eigenvalue weighted by atomic mass is 16.5. The van der Waals surface area contributed by atoms with Crippen LogP contribution in [0.25, 0.3) is 0 Å². The highest BCUT2D eigenvalue weighted by Crippen LogP contribution is 2.19. The van der Waals surface area contributed by atoms with Crippen molar-refractivity contribution in [1.29, 1.82) is 0 Å². The lowest BCUT2D eigenvalue weighted by Crippen LogP contribution is -2.41. The van der Waals surface area contributed by atoms with Gasteiger partial charge in [0.05, 0.1) is 12.7 Å². The number of amides is 1. The first-order chi connectivity index (χ1) is 9.35. The monoisotopic (exact) mass is 280 g/mol. The first kappa shape index (κ1) is 15.8. The van der Waals surface area contributed by atoms with Crippen LogP contribution in [-0.2, 0) is 4.79 Å². The number of hydrogen-bond donors (Lipinski definition) is 3. The number of benzene rings is 1. The molecule has 6 heteroatoms. The fourth-order valence-corrected chi connectivity index (χ4v) is 1.79. The summed E-state index contributed by atoms with van der Waals surface area (Å²) in [5.41, 5.74) is 6.22. The number of nitrogens with one attached hydrogen (secondary N) is 1. The average Bonchev–Trinajstić information content (AvgIpc) is 2.37. The van der Waals surface area contributed by atoms with E-state index in [0.717, 1.165) is 0 Å². The Morgan fingerprint density at radius 1 is 1.40 bits per heavy atom. The molecule has 0 spiro atoms. The van der Waals surface area contributed by atoms with Crippen molar-refractivity contribution in [3.05, 3.63) is 23.8 Å². The largest absolute Gasteiger partial charge is 0.497 e. The van der Waals surface area contributed by atoms with Gasteiger partial charge in [0.2, 0.25) is 0 Å². The van der Waals surface area contributed by atoms with Crippen LogP contribution in [0, 0.1) is 5.92 Å². The summed E-state index contributed by atoms with van der Waals surface area (Å²) in [4.78, 5) is 23.3. The summed E-state index contributed by atoms with van der Waals surface area (Å²) in [5, 5.41) is 11.6. The lowest BCUT2D eigenvalue weighted by molar-refractivity contribution is -0.139. The van der Waals surface area contributed by atoms with E-state index >= 15 is 0 Å². The summed E-state index contributed by atoms with van der Waals surface area (Å²) in [6, 6.07) is 3.73. The fraction of sp³-hybridized carbons (Fsp3) is 0.429. The zero-order valence-corrected chi connectivity index (χ0v) is 11.8. The smallest absolute Gasteiger partial charge is 0.326 e. The predicted octanol–water partition coefficient (Wildman–Crippen LogP) is 1.51. The van der Waals surface area contributed by atoms with E-state index in [2.05, 4.69) is 5.32 Å². The molecule has 0 radical (unpaired) electrons. The number of rotatable bonds is 6. The van der Waals surface area contributed by atoms with Crippen LogP contribution in [0.1, 0.15) is 30.6 Å². The summed E-state index contributed by atoms with van der Waals surface area (Å²) in [7, 11) is 1.48. The second kappa shape index (κ2) is 6.79. The number of nitrogens with two attached hydrogens (primary N) is 1. The van der Waals surface area contributed by atoms with E-state index in [0.29, 0.717) is 12.2 Å². The zero-order chi connectivity index (χ0) is 15.3. The second-order valence-electron chi connectivity index (χ2n) is 4.95. The molecule has 0 aliphatic heterocycles. The number of nitrogen functional groups attached to an aromatic ring is 1. The molecule has 0 unspecified atom stereocenters. The van der Waals surface area contributed by atoms with Crippen LogP contribution in [0.15, 0.2) is 18.2 Å². The van der Waals surface area contributed by atoms with Crippen molar-refractivity contribution >= 4 is 17.6 Å². The first-order valence-corrected chi connectivity index (χ1v) is 6.32. The second-order valence-corrected chi connectivity index (χ2v) is 4.95. The van der Waals surface area contributed by atoms with Crippen LogP contribution < -0.4 is 15.8 Å². The maximum absolute atomic E-state index is 12.1. The Hall–Kier alpha value is -2.24. The van der Waals surface area contributed by atoms with Crippen LogP contribution in [0.5, 0.6) is 5.75 Å². The summed E-state index contributed by atoms with van der Waals surface area (Å²) in [5.74, 6) is -0.942. The minimum atomic E-state index is -1.06. The number of carboxylic acids is 1. The van der Waals surface area contributed by atoms with Crippen molar-refractivity contribution in [3.8, 4) is 5.75 Å². The van der Waals surface area contributed by atoms with Gasteiger partial charge in [-0.2, -0.15) is 0 Å². The fourth-order valence-electron chi connectivity index (χ4n) is 1.79. The third kappa shape index (κ3) is 4.15. The maximum Gasteiger partial charge on any atom is 0.326 e. The lowest BCUT2D eigenvalue weighted by Gasteiger charge is -2.17. The van der Waals surface area contributed by atoms with Gasteiger partial charge in [-0.05, 0) is 30.5 Å². The SMILES string of the molecule is COc1ccc(N)c(C(=O)N[C@@H](CC(C)C)C(=O)O)c1. The van der Waals surface area contributed by atoms with E-state index in [1.165, 1.54) is 13.2 Å². The molecule has 0 saturated heterocycles. The third-order valence-electron chi connectivity index (χ3n) is 2.82. The molecule has 0 aliphatic rings. The summed E-state index contributed by atoms with van der Waals surface area (Å²) in [6.45, 7) is 3.78. The van der Waals surface area contributed by atoms with Crippen molar-refractivity contribution in [1.82, 2.24) is 5.32 Å². The van der Waals surface area contributed by atoms with Crippen LogP contribution in [0.4, 0.5) is 5.69 Å². The number of carbonyl (C=O) groups is 2. The minimum Gasteiger partial charge on any atom is -0.497 e. The molecule has 0 bridgehead atoms. The van der Waals surface area contributed by atoms with Crippen molar-refractivity contribution in [2.45, 2.75) is 26.3 Å². The Morgan fingerprint density at radius 2 is 2.05 bits per heavy atom. The molecule has 4 N–H and O–H groups in total. The van der Waals surface area contributed by atoms with Gasteiger partial charge in [-0.25, -0.2) is 4.79 Å². The molecule has 0 fully saturated rings. The summed E-state index contributed by atoms with van der Waals surface area (Å²) < 4.78 is 5.03. The van der Waals surface area contributed by atoms with Crippen molar-refractivity contribution in [3.63, 3.8) is 0 Å². The van der Waals surface area contributed by atoms with E-state index in [-0.39, 0.29) is 17.2 Å². The lowest BCUT2D eigenvalue weighted by atomic mass is 10.0. The van der Waals surface area contributed by atoms with E-state index in [9.17, 15) is 9.59 Å². The summed E-state index contributed by atoms with van der Waals surface area (Å²) >= 11 is 0. The molecule has 1 rings (SSSR count). The first-order valence-electron chi connectivity index (χ1n) is 6.32. The standard InChI is InChI=1S/C14H20N2O4/c1-8(2)6-12(14(18)19)16-13(17)10-7-9(20-3)4-5-11(10)15/h4-5,7-8,12H,6,15H2,1-3H3,(H,16,17)(H,18,19)/t12-/m0/s1. The average molecular weight is 280 g/mol. The van der Waals surface area contributed by atoms with E-state index < -0.39 is 17.9 Å². The molecule has 1 aromatic carbocycles. The normalized spacial score (nSPS) is 12.0. The van der Waals surface area contributed by atoms with Crippen LogP contribution in [-0.4, -0.2) is 30.1 Å². The van der Waals surface area contributed by atoms with Gasteiger partial charge in [0, 0.05) is 5.69 Å². The van der Waals surface area contributed by atoms with Crippen LogP contribution in [0.2, 0.25) is 0 Å². The zero-order valence-electron chi connectivity index (χ0n) is 11.8. The van der Waals surface area contributed by atoms with E-state index in [1.807, 2.05) is 13.8 Å². The molecule has 1 amide bonds. The molecule has 110 valence electrons. The van der Waals surface area contributed by atoms with Crippen molar-refractivity contribution in [2.24, 2.45) is 5.92 Å². The Bertz CT molecular complexity index is 500. The highest BCUT2D eigenvalue weighted by molar-refractivity contribution is 6.01. The maximum atomic E-state index is 12.1. The molecule has 0 aliphatic carbocycles.